The van der Waals surface area contributed by atoms with Crippen molar-refractivity contribution in [1.82, 2.24) is 15.6 Å². The van der Waals surface area contributed by atoms with Crippen molar-refractivity contribution in [3.05, 3.63) is 46.4 Å². The minimum absolute atomic E-state index is 0.653. The molecule has 134 valence electrons. The third kappa shape index (κ3) is 5.19. The van der Waals surface area contributed by atoms with Crippen LogP contribution in [0, 0.1) is 12.8 Å². The highest BCUT2D eigenvalue weighted by molar-refractivity contribution is 7.11. The molecule has 0 aliphatic carbocycles. The first-order chi connectivity index (χ1) is 12.2. The van der Waals surface area contributed by atoms with Gasteiger partial charge in [-0.25, -0.2) is 4.98 Å². The second-order valence-electron chi connectivity index (χ2n) is 6.43. The molecule has 6 heteroatoms. The third-order valence-corrected chi connectivity index (χ3v) is 5.46. The first kappa shape index (κ1) is 17.7. The Kier molecular flexibility index (Phi) is 6.28. The van der Waals surface area contributed by atoms with E-state index in [4.69, 9.17) is 0 Å². The molecule has 1 unspecified atom stereocenters. The number of para-hydroxylation sites is 1. The Morgan fingerprint density at radius 2 is 2.16 bits per heavy atom. The molecule has 0 amide bonds. The Hall–Kier alpha value is -2.08. The Morgan fingerprint density at radius 1 is 1.32 bits per heavy atom. The van der Waals surface area contributed by atoms with Gasteiger partial charge in [0, 0.05) is 56.4 Å². The molecule has 1 saturated heterocycles. The van der Waals surface area contributed by atoms with Crippen LogP contribution < -0.4 is 15.5 Å². The lowest BCUT2D eigenvalue weighted by Gasteiger charge is -2.19. The summed E-state index contributed by atoms with van der Waals surface area (Å²) in [4.78, 5) is 12.5. The van der Waals surface area contributed by atoms with Gasteiger partial charge in [-0.1, -0.05) is 18.2 Å². The maximum Gasteiger partial charge on any atom is 0.191 e. The first-order valence-corrected chi connectivity index (χ1v) is 9.72. The van der Waals surface area contributed by atoms with Gasteiger partial charge in [-0.05, 0) is 31.4 Å². The van der Waals surface area contributed by atoms with Crippen LogP contribution in [0.2, 0.25) is 0 Å². The van der Waals surface area contributed by atoms with E-state index in [1.54, 1.807) is 11.3 Å². The van der Waals surface area contributed by atoms with Crippen LogP contribution in [-0.4, -0.2) is 44.2 Å². The molecule has 1 atom stereocenters. The number of aryl methyl sites for hydroxylation is 1. The van der Waals surface area contributed by atoms with E-state index < -0.39 is 0 Å². The molecule has 1 aliphatic heterocycles. The average Bonchev–Trinajstić information content (AvgIpc) is 3.28. The van der Waals surface area contributed by atoms with E-state index in [9.17, 15) is 0 Å². The number of aliphatic imine (C=N–C) groups is 1. The molecule has 1 aromatic heterocycles. The summed E-state index contributed by atoms with van der Waals surface area (Å²) < 4.78 is 0. The molecule has 0 spiro atoms. The smallest absolute Gasteiger partial charge is 0.191 e. The molecule has 5 nitrogen and oxygen atoms in total. The second kappa shape index (κ2) is 8.85. The van der Waals surface area contributed by atoms with Crippen LogP contribution in [0.4, 0.5) is 5.69 Å². The highest BCUT2D eigenvalue weighted by atomic mass is 32.1. The summed E-state index contributed by atoms with van der Waals surface area (Å²) in [6.07, 6.45) is 4.09. The molecule has 2 aromatic rings. The van der Waals surface area contributed by atoms with Crippen molar-refractivity contribution in [1.29, 1.82) is 0 Å². The molecule has 0 saturated carbocycles. The fourth-order valence-electron chi connectivity index (χ4n) is 3.14. The van der Waals surface area contributed by atoms with Crippen LogP contribution in [0.1, 0.15) is 16.3 Å². The number of aromatic nitrogens is 1. The highest BCUT2D eigenvalue weighted by Crippen LogP contribution is 2.22. The van der Waals surface area contributed by atoms with Crippen LogP contribution in [0.15, 0.2) is 41.5 Å². The molecule has 0 bridgehead atoms. The number of rotatable bonds is 6. The van der Waals surface area contributed by atoms with Crippen molar-refractivity contribution >= 4 is 23.0 Å². The second-order valence-corrected chi connectivity index (χ2v) is 7.75. The van der Waals surface area contributed by atoms with Crippen molar-refractivity contribution < 1.29 is 0 Å². The number of nitrogens with one attached hydrogen (secondary N) is 2. The number of hydrogen-bond donors (Lipinski definition) is 2. The van der Waals surface area contributed by atoms with E-state index in [2.05, 4.69) is 62.8 Å². The highest BCUT2D eigenvalue weighted by Gasteiger charge is 2.22. The number of hydrogen-bond acceptors (Lipinski definition) is 4. The molecular formula is C19H27N5S. The maximum absolute atomic E-state index is 4.40. The summed E-state index contributed by atoms with van der Waals surface area (Å²) >= 11 is 1.76. The van der Waals surface area contributed by atoms with Crippen LogP contribution in [0.5, 0.6) is 0 Å². The predicted molar refractivity (Wildman–Crippen MR) is 107 cm³/mol. The molecule has 1 aliphatic rings. The van der Waals surface area contributed by atoms with Crippen molar-refractivity contribution in [3.63, 3.8) is 0 Å². The topological polar surface area (TPSA) is 52.6 Å². The van der Waals surface area contributed by atoms with E-state index in [-0.39, 0.29) is 0 Å². The van der Waals surface area contributed by atoms with Crippen LogP contribution >= 0.6 is 11.3 Å². The number of guanidine groups is 1. The third-order valence-electron chi connectivity index (χ3n) is 4.49. The quantitative estimate of drug-likeness (QED) is 0.616. The lowest BCUT2D eigenvalue weighted by atomic mass is 10.1. The summed E-state index contributed by atoms with van der Waals surface area (Å²) in [7, 11) is 1.83. The lowest BCUT2D eigenvalue weighted by Crippen LogP contribution is -2.41. The Morgan fingerprint density at radius 3 is 2.88 bits per heavy atom. The maximum atomic E-state index is 4.40. The molecule has 25 heavy (non-hydrogen) atoms. The summed E-state index contributed by atoms with van der Waals surface area (Å²) in [5.41, 5.74) is 1.33. The summed E-state index contributed by atoms with van der Waals surface area (Å²) in [6, 6.07) is 10.7. The number of nitrogens with zero attached hydrogens (tertiary/aromatic N) is 3. The molecule has 1 aromatic carbocycles. The van der Waals surface area contributed by atoms with Crippen molar-refractivity contribution in [3.8, 4) is 0 Å². The van der Waals surface area contributed by atoms with Gasteiger partial charge in [-0.2, -0.15) is 0 Å². The molecular weight excluding hydrogens is 330 g/mol. The van der Waals surface area contributed by atoms with Gasteiger partial charge in [0.2, 0.25) is 0 Å². The SMILES string of the molecule is CN=C(NCCc1ncc(C)s1)NCC1CCN(c2ccccc2)C1. The van der Waals surface area contributed by atoms with Gasteiger partial charge in [0.25, 0.3) is 0 Å². The van der Waals surface area contributed by atoms with Gasteiger partial charge in [-0.15, -0.1) is 11.3 Å². The lowest BCUT2D eigenvalue weighted by molar-refractivity contribution is 0.566. The van der Waals surface area contributed by atoms with Crippen molar-refractivity contribution in [2.45, 2.75) is 19.8 Å². The average molecular weight is 358 g/mol. The number of benzene rings is 1. The van der Waals surface area contributed by atoms with E-state index in [1.807, 2.05) is 13.2 Å². The van der Waals surface area contributed by atoms with Gasteiger partial charge < -0.3 is 15.5 Å². The fraction of sp³-hybridized carbons (Fsp3) is 0.474. The molecule has 0 radical (unpaired) electrons. The van der Waals surface area contributed by atoms with Crippen LogP contribution in [-0.2, 0) is 6.42 Å². The minimum atomic E-state index is 0.653. The minimum Gasteiger partial charge on any atom is -0.371 e. The molecule has 2 heterocycles. The van der Waals surface area contributed by atoms with E-state index in [0.717, 1.165) is 38.6 Å². The van der Waals surface area contributed by atoms with Crippen LogP contribution in [0.25, 0.3) is 0 Å². The predicted octanol–water partition coefficient (Wildman–Crippen LogP) is 2.69. The van der Waals surface area contributed by atoms with E-state index in [0.29, 0.717) is 5.92 Å². The van der Waals surface area contributed by atoms with Gasteiger partial charge >= 0.3 is 0 Å². The van der Waals surface area contributed by atoms with Gasteiger partial charge in [0.1, 0.15) is 0 Å². The van der Waals surface area contributed by atoms with E-state index in [1.165, 1.54) is 22.0 Å². The Balaban J connectivity index is 1.38. The van der Waals surface area contributed by atoms with Crippen molar-refractivity contribution in [2.75, 3.05) is 38.1 Å². The first-order valence-electron chi connectivity index (χ1n) is 8.90. The number of anilines is 1. The molecule has 3 rings (SSSR count). The Bertz CT molecular complexity index is 682. The van der Waals surface area contributed by atoms with Crippen molar-refractivity contribution in [2.24, 2.45) is 10.9 Å². The summed E-state index contributed by atoms with van der Waals surface area (Å²) in [5, 5.41) is 8.03. The molecule has 2 N–H and O–H groups in total. The van der Waals surface area contributed by atoms with E-state index >= 15 is 0 Å². The van der Waals surface area contributed by atoms with Gasteiger partial charge in [0.15, 0.2) is 5.96 Å². The monoisotopic (exact) mass is 357 g/mol. The molecule has 1 fully saturated rings. The van der Waals surface area contributed by atoms with Crippen LogP contribution in [0.3, 0.4) is 0 Å². The van der Waals surface area contributed by atoms with Gasteiger partial charge in [-0.3, -0.25) is 4.99 Å². The zero-order valence-corrected chi connectivity index (χ0v) is 15.9. The standard InChI is InChI=1S/C19H27N5S/c1-15-12-22-18(25-15)8-10-21-19(20-2)23-13-16-9-11-24(14-16)17-6-4-3-5-7-17/h3-7,12,16H,8-11,13-14H2,1-2H3,(H2,20,21,23). The summed E-state index contributed by atoms with van der Waals surface area (Å²) in [6.45, 7) is 6.14. The normalized spacial score (nSPS) is 17.8. The Labute approximate surface area is 154 Å². The largest absolute Gasteiger partial charge is 0.371 e. The number of thiazole rings is 1. The fourth-order valence-corrected chi connectivity index (χ4v) is 3.93. The summed E-state index contributed by atoms with van der Waals surface area (Å²) in [5.74, 6) is 1.53. The van der Waals surface area contributed by atoms with Gasteiger partial charge in [0.05, 0.1) is 5.01 Å². The zero-order valence-electron chi connectivity index (χ0n) is 15.0. The zero-order chi connectivity index (χ0) is 17.5.